The van der Waals surface area contributed by atoms with Crippen LogP contribution in [0.15, 0.2) is 60.7 Å². The Balaban J connectivity index is 2.95. The van der Waals surface area contributed by atoms with Gasteiger partial charge < -0.3 is 5.32 Å². The maximum atomic E-state index is 3.79. The lowest BCUT2D eigenvalue weighted by Gasteiger charge is -2.05. The summed E-state index contributed by atoms with van der Waals surface area (Å²) in [7, 11) is 1.94. The zero-order chi connectivity index (χ0) is 11.8. The van der Waals surface area contributed by atoms with Crippen LogP contribution in [0.4, 0.5) is 0 Å². The van der Waals surface area contributed by atoms with Gasteiger partial charge in [0, 0.05) is 12.7 Å². The fourth-order valence-electron chi connectivity index (χ4n) is 1.46. The van der Waals surface area contributed by atoms with Crippen LogP contribution in [0, 0.1) is 0 Å². The van der Waals surface area contributed by atoms with Crippen LogP contribution in [0.25, 0.3) is 5.70 Å². The smallest absolute Gasteiger partial charge is 0.0411 e. The highest BCUT2D eigenvalue weighted by atomic mass is 14.8. The van der Waals surface area contributed by atoms with Crippen molar-refractivity contribution in [2.75, 3.05) is 7.05 Å². The molecule has 0 aliphatic carbocycles. The summed E-state index contributed by atoms with van der Waals surface area (Å²) in [4.78, 5) is 0. The van der Waals surface area contributed by atoms with Gasteiger partial charge in [-0.3, -0.25) is 0 Å². The second kappa shape index (κ2) is 6.67. The molecule has 1 nitrogen and oxygen atoms in total. The first kappa shape index (κ1) is 12.3. The summed E-state index contributed by atoms with van der Waals surface area (Å²) in [5.41, 5.74) is 3.55. The minimum Gasteiger partial charge on any atom is -0.388 e. The number of hydrogen-bond acceptors (Lipinski definition) is 1. The first-order chi connectivity index (χ1) is 7.81. The van der Waals surface area contributed by atoms with Gasteiger partial charge in [0.2, 0.25) is 0 Å². The highest BCUT2D eigenvalue weighted by Crippen LogP contribution is 2.11. The number of benzene rings is 1. The zero-order valence-electron chi connectivity index (χ0n) is 10.0. The second-order valence-electron chi connectivity index (χ2n) is 3.50. The standard InChI is InChI=1S/C15H19N/c1-4-13(5-2)11-12-15(16-3)14-9-7-6-8-10-14/h4,6-12,16H,1,5H2,2-3H3/b13-11+,15-12-. The topological polar surface area (TPSA) is 12.0 Å². The number of allylic oxidation sites excluding steroid dienone is 4. The van der Waals surface area contributed by atoms with Crippen molar-refractivity contribution in [2.24, 2.45) is 0 Å². The average Bonchev–Trinajstić information content (AvgIpc) is 2.36. The summed E-state index contributed by atoms with van der Waals surface area (Å²) >= 11 is 0. The van der Waals surface area contributed by atoms with E-state index in [1.165, 1.54) is 11.1 Å². The van der Waals surface area contributed by atoms with Gasteiger partial charge >= 0.3 is 0 Å². The van der Waals surface area contributed by atoms with Gasteiger partial charge in [0.1, 0.15) is 0 Å². The molecule has 0 saturated carbocycles. The molecule has 84 valence electrons. The molecule has 16 heavy (non-hydrogen) atoms. The summed E-state index contributed by atoms with van der Waals surface area (Å²) in [6, 6.07) is 10.3. The van der Waals surface area contributed by atoms with Gasteiger partial charge in [-0.1, -0.05) is 56.0 Å². The SMILES string of the molecule is C=C/C(=C\C=C(/NC)c1ccccc1)CC. The molecule has 0 saturated heterocycles. The molecule has 0 bridgehead atoms. The summed E-state index contributed by atoms with van der Waals surface area (Å²) in [6.07, 6.45) is 7.10. The van der Waals surface area contributed by atoms with Gasteiger partial charge in [-0.05, 0) is 23.6 Å². The maximum absolute atomic E-state index is 3.79. The Hall–Kier alpha value is -1.76. The minimum absolute atomic E-state index is 1.01. The third-order valence-electron chi connectivity index (χ3n) is 2.49. The maximum Gasteiger partial charge on any atom is 0.0411 e. The average molecular weight is 213 g/mol. The van der Waals surface area contributed by atoms with Crippen LogP contribution in [0.2, 0.25) is 0 Å². The normalized spacial score (nSPS) is 12.4. The van der Waals surface area contributed by atoms with Crippen molar-refractivity contribution in [2.45, 2.75) is 13.3 Å². The first-order valence-corrected chi connectivity index (χ1v) is 5.58. The second-order valence-corrected chi connectivity index (χ2v) is 3.50. The molecule has 0 aromatic heterocycles. The van der Waals surface area contributed by atoms with Crippen LogP contribution in [-0.2, 0) is 0 Å². The van der Waals surface area contributed by atoms with Crippen LogP contribution < -0.4 is 5.32 Å². The van der Waals surface area contributed by atoms with E-state index < -0.39 is 0 Å². The largest absolute Gasteiger partial charge is 0.388 e. The Kier molecular flexibility index (Phi) is 5.13. The fourth-order valence-corrected chi connectivity index (χ4v) is 1.46. The summed E-state index contributed by atoms with van der Waals surface area (Å²) < 4.78 is 0. The Bertz CT molecular complexity index is 385. The van der Waals surface area contributed by atoms with Gasteiger partial charge in [-0.2, -0.15) is 0 Å². The molecule has 0 radical (unpaired) electrons. The van der Waals surface area contributed by atoms with Crippen molar-refractivity contribution >= 4 is 5.70 Å². The Morgan fingerprint density at radius 2 is 1.94 bits per heavy atom. The first-order valence-electron chi connectivity index (χ1n) is 5.58. The Morgan fingerprint density at radius 3 is 2.44 bits per heavy atom. The Labute approximate surface area is 98.2 Å². The lowest BCUT2D eigenvalue weighted by Crippen LogP contribution is -2.03. The van der Waals surface area contributed by atoms with E-state index >= 15 is 0 Å². The molecule has 1 heteroatoms. The molecule has 0 amide bonds. The fraction of sp³-hybridized carbons (Fsp3) is 0.200. The highest BCUT2D eigenvalue weighted by Gasteiger charge is 1.95. The van der Waals surface area contributed by atoms with Crippen molar-refractivity contribution in [3.8, 4) is 0 Å². The van der Waals surface area contributed by atoms with E-state index in [4.69, 9.17) is 0 Å². The summed E-state index contributed by atoms with van der Waals surface area (Å²) in [5.74, 6) is 0. The van der Waals surface area contributed by atoms with Gasteiger partial charge in [0.05, 0.1) is 0 Å². The molecule has 1 aromatic rings. The number of rotatable bonds is 5. The van der Waals surface area contributed by atoms with E-state index in [2.05, 4.69) is 43.1 Å². The molecule has 0 fully saturated rings. The molecule has 0 unspecified atom stereocenters. The quantitative estimate of drug-likeness (QED) is 0.734. The van der Waals surface area contributed by atoms with Gasteiger partial charge in [-0.25, -0.2) is 0 Å². The number of hydrogen-bond donors (Lipinski definition) is 1. The van der Waals surface area contributed by atoms with Crippen molar-refractivity contribution in [3.05, 3.63) is 66.3 Å². The van der Waals surface area contributed by atoms with E-state index in [1.807, 2.05) is 31.3 Å². The Morgan fingerprint density at radius 1 is 1.25 bits per heavy atom. The molecular weight excluding hydrogens is 194 g/mol. The van der Waals surface area contributed by atoms with E-state index in [0.29, 0.717) is 0 Å². The monoisotopic (exact) mass is 213 g/mol. The third-order valence-corrected chi connectivity index (χ3v) is 2.49. The minimum atomic E-state index is 1.01. The van der Waals surface area contributed by atoms with E-state index in [9.17, 15) is 0 Å². The van der Waals surface area contributed by atoms with Crippen LogP contribution >= 0.6 is 0 Å². The summed E-state index contributed by atoms with van der Waals surface area (Å²) in [6.45, 7) is 5.92. The van der Waals surface area contributed by atoms with Crippen LogP contribution in [0.1, 0.15) is 18.9 Å². The van der Waals surface area contributed by atoms with E-state index in [1.54, 1.807) is 0 Å². The van der Waals surface area contributed by atoms with Crippen molar-refractivity contribution in [1.82, 2.24) is 5.32 Å². The lowest BCUT2D eigenvalue weighted by atomic mass is 10.1. The van der Waals surface area contributed by atoms with Crippen molar-refractivity contribution in [1.29, 1.82) is 0 Å². The van der Waals surface area contributed by atoms with Gasteiger partial charge in [-0.15, -0.1) is 0 Å². The molecule has 1 rings (SSSR count). The zero-order valence-corrected chi connectivity index (χ0v) is 10.0. The van der Waals surface area contributed by atoms with Gasteiger partial charge in [0.25, 0.3) is 0 Å². The molecule has 0 heterocycles. The highest BCUT2D eigenvalue weighted by molar-refractivity contribution is 5.65. The predicted molar refractivity (Wildman–Crippen MR) is 72.0 cm³/mol. The van der Waals surface area contributed by atoms with Crippen LogP contribution in [-0.4, -0.2) is 7.05 Å². The predicted octanol–water partition coefficient (Wildman–Crippen LogP) is 3.77. The van der Waals surface area contributed by atoms with Crippen molar-refractivity contribution in [3.63, 3.8) is 0 Å². The van der Waals surface area contributed by atoms with Crippen molar-refractivity contribution < 1.29 is 0 Å². The third kappa shape index (κ3) is 3.43. The molecule has 0 spiro atoms. The molecule has 0 aliphatic heterocycles. The molecular formula is C15H19N. The van der Waals surface area contributed by atoms with Crippen LogP contribution in [0.5, 0.6) is 0 Å². The van der Waals surface area contributed by atoms with Crippen LogP contribution in [0.3, 0.4) is 0 Å². The number of nitrogens with one attached hydrogen (secondary N) is 1. The lowest BCUT2D eigenvalue weighted by molar-refractivity contribution is 1.12. The van der Waals surface area contributed by atoms with E-state index in [-0.39, 0.29) is 0 Å². The summed E-state index contributed by atoms with van der Waals surface area (Å²) in [5, 5.41) is 3.20. The van der Waals surface area contributed by atoms with Gasteiger partial charge in [0.15, 0.2) is 0 Å². The molecule has 0 aliphatic rings. The molecule has 1 N–H and O–H groups in total. The van der Waals surface area contributed by atoms with E-state index in [0.717, 1.165) is 12.1 Å². The molecule has 1 aromatic carbocycles. The molecule has 0 atom stereocenters.